The molecule has 0 aromatic carbocycles. The van der Waals surface area contributed by atoms with E-state index in [1.165, 1.54) is 4.31 Å². The van der Waals surface area contributed by atoms with E-state index in [2.05, 4.69) is 9.62 Å². The smallest absolute Gasteiger partial charge is 0.279 e. The first kappa shape index (κ1) is 15.8. The lowest BCUT2D eigenvalue weighted by Gasteiger charge is -2.37. The third-order valence-electron chi connectivity index (χ3n) is 3.10. The lowest BCUT2D eigenvalue weighted by Crippen LogP contribution is -2.56. The van der Waals surface area contributed by atoms with Gasteiger partial charge in [-0.05, 0) is 6.42 Å². The van der Waals surface area contributed by atoms with E-state index in [-0.39, 0.29) is 6.04 Å². The standard InChI is InChI=1S/C10H22N4O2S2/c1-3-9(10(11)17)13-5-7-14(8-6-13)18(15,16)12-4-2/h9,12H,3-8H2,1-2H3,(H2,11,17). The first-order valence-electron chi connectivity index (χ1n) is 6.20. The van der Waals surface area contributed by atoms with Crippen LogP contribution in [0.1, 0.15) is 20.3 Å². The molecule has 1 fully saturated rings. The number of nitrogens with zero attached hydrogens (tertiary/aromatic N) is 2. The maximum atomic E-state index is 11.8. The van der Waals surface area contributed by atoms with Crippen LogP contribution in [0.15, 0.2) is 0 Å². The Balaban J connectivity index is 2.58. The molecule has 1 rings (SSSR count). The van der Waals surface area contributed by atoms with Crippen LogP contribution in [0.3, 0.4) is 0 Å². The molecule has 0 aromatic rings. The van der Waals surface area contributed by atoms with Crippen LogP contribution in [0.5, 0.6) is 0 Å². The normalized spacial score (nSPS) is 20.8. The van der Waals surface area contributed by atoms with Crippen LogP contribution in [-0.4, -0.2) is 61.4 Å². The van der Waals surface area contributed by atoms with Crippen LogP contribution in [0.2, 0.25) is 0 Å². The lowest BCUT2D eigenvalue weighted by atomic mass is 10.1. The van der Waals surface area contributed by atoms with Crippen molar-refractivity contribution >= 4 is 27.4 Å². The monoisotopic (exact) mass is 294 g/mol. The molecule has 6 nitrogen and oxygen atoms in total. The summed E-state index contributed by atoms with van der Waals surface area (Å²) in [6.07, 6.45) is 0.856. The van der Waals surface area contributed by atoms with Gasteiger partial charge in [0, 0.05) is 32.7 Å². The van der Waals surface area contributed by atoms with Crippen LogP contribution in [0.25, 0.3) is 0 Å². The highest BCUT2D eigenvalue weighted by molar-refractivity contribution is 7.87. The molecule has 0 radical (unpaired) electrons. The average molecular weight is 294 g/mol. The van der Waals surface area contributed by atoms with Crippen LogP contribution >= 0.6 is 12.2 Å². The van der Waals surface area contributed by atoms with Crippen molar-refractivity contribution in [3.63, 3.8) is 0 Å². The Morgan fingerprint density at radius 1 is 1.33 bits per heavy atom. The minimum absolute atomic E-state index is 0.0731. The third-order valence-corrected chi connectivity index (χ3v) is 5.07. The maximum absolute atomic E-state index is 11.8. The van der Waals surface area contributed by atoms with Crippen molar-refractivity contribution in [3.8, 4) is 0 Å². The van der Waals surface area contributed by atoms with Gasteiger partial charge in [-0.25, -0.2) is 4.72 Å². The van der Waals surface area contributed by atoms with Crippen LogP contribution in [0, 0.1) is 0 Å². The summed E-state index contributed by atoms with van der Waals surface area (Å²) < 4.78 is 27.6. The van der Waals surface area contributed by atoms with Gasteiger partial charge in [0.25, 0.3) is 10.2 Å². The van der Waals surface area contributed by atoms with Gasteiger partial charge in [-0.2, -0.15) is 12.7 Å². The Labute approximate surface area is 115 Å². The zero-order valence-corrected chi connectivity index (χ0v) is 12.6. The molecular weight excluding hydrogens is 272 g/mol. The first-order chi connectivity index (χ1) is 8.42. The maximum Gasteiger partial charge on any atom is 0.279 e. The second-order valence-corrected chi connectivity index (χ2v) is 6.49. The number of rotatable bonds is 6. The lowest BCUT2D eigenvalue weighted by molar-refractivity contribution is 0.164. The van der Waals surface area contributed by atoms with Crippen molar-refractivity contribution in [1.82, 2.24) is 13.9 Å². The van der Waals surface area contributed by atoms with Crippen molar-refractivity contribution in [1.29, 1.82) is 0 Å². The Bertz CT molecular complexity index is 377. The van der Waals surface area contributed by atoms with Crippen molar-refractivity contribution in [3.05, 3.63) is 0 Å². The molecule has 0 aliphatic carbocycles. The van der Waals surface area contributed by atoms with Gasteiger partial charge in [0.15, 0.2) is 0 Å². The van der Waals surface area contributed by atoms with E-state index in [1.54, 1.807) is 6.92 Å². The molecular formula is C10H22N4O2S2. The number of thiocarbonyl (C=S) groups is 1. The summed E-state index contributed by atoms with van der Waals surface area (Å²) in [5, 5.41) is 0. The Morgan fingerprint density at radius 2 is 1.89 bits per heavy atom. The highest BCUT2D eigenvalue weighted by Gasteiger charge is 2.29. The van der Waals surface area contributed by atoms with Gasteiger partial charge in [0.2, 0.25) is 0 Å². The molecule has 1 heterocycles. The van der Waals surface area contributed by atoms with Crippen LogP contribution < -0.4 is 10.5 Å². The fourth-order valence-electron chi connectivity index (χ4n) is 2.17. The number of hydrogen-bond donors (Lipinski definition) is 2. The van der Waals surface area contributed by atoms with Gasteiger partial charge in [0.05, 0.1) is 11.0 Å². The van der Waals surface area contributed by atoms with E-state index in [0.717, 1.165) is 6.42 Å². The third kappa shape index (κ3) is 3.86. The van der Waals surface area contributed by atoms with Crippen molar-refractivity contribution in [2.75, 3.05) is 32.7 Å². The number of piperazine rings is 1. The molecule has 1 aliphatic rings. The highest BCUT2D eigenvalue weighted by atomic mass is 32.2. The molecule has 8 heteroatoms. The Hall–Kier alpha value is -0.280. The predicted molar refractivity (Wildman–Crippen MR) is 76.6 cm³/mol. The summed E-state index contributed by atoms with van der Waals surface area (Å²) in [7, 11) is -3.32. The quantitative estimate of drug-likeness (QED) is 0.647. The van der Waals surface area contributed by atoms with Gasteiger partial charge in [0.1, 0.15) is 0 Å². The minimum atomic E-state index is -3.32. The molecule has 1 unspecified atom stereocenters. The van der Waals surface area contributed by atoms with Gasteiger partial charge in [-0.15, -0.1) is 0 Å². The highest BCUT2D eigenvalue weighted by Crippen LogP contribution is 2.11. The van der Waals surface area contributed by atoms with E-state index >= 15 is 0 Å². The predicted octanol–water partition coefficient (Wildman–Crippen LogP) is -0.477. The van der Waals surface area contributed by atoms with Gasteiger partial charge in [-0.3, -0.25) is 4.90 Å². The van der Waals surface area contributed by atoms with Crippen LogP contribution in [-0.2, 0) is 10.2 Å². The molecule has 1 aliphatic heterocycles. The molecule has 18 heavy (non-hydrogen) atoms. The Morgan fingerprint density at radius 3 is 2.28 bits per heavy atom. The molecule has 0 bridgehead atoms. The first-order valence-corrected chi connectivity index (χ1v) is 8.05. The van der Waals surface area contributed by atoms with E-state index in [9.17, 15) is 8.42 Å². The van der Waals surface area contributed by atoms with Crippen molar-refractivity contribution in [2.24, 2.45) is 5.73 Å². The summed E-state index contributed by atoms with van der Waals surface area (Å²) >= 11 is 5.03. The number of nitrogens with two attached hydrogens (primary N) is 1. The van der Waals surface area contributed by atoms with Crippen LogP contribution in [0.4, 0.5) is 0 Å². The molecule has 1 atom stereocenters. The van der Waals surface area contributed by atoms with E-state index in [4.69, 9.17) is 18.0 Å². The average Bonchev–Trinajstić information content (AvgIpc) is 2.30. The SMILES string of the molecule is CCNS(=O)(=O)N1CCN(C(CC)C(N)=S)CC1. The largest absolute Gasteiger partial charge is 0.392 e. The summed E-state index contributed by atoms with van der Waals surface area (Å²) in [6, 6.07) is 0.0731. The molecule has 3 N–H and O–H groups in total. The fourth-order valence-corrected chi connectivity index (χ4v) is 3.68. The van der Waals surface area contributed by atoms with E-state index in [1.807, 2.05) is 6.92 Å². The molecule has 0 saturated carbocycles. The molecule has 1 saturated heterocycles. The van der Waals surface area contributed by atoms with Gasteiger partial charge in [-0.1, -0.05) is 26.1 Å². The molecule has 0 aromatic heterocycles. The summed E-state index contributed by atoms with van der Waals surface area (Å²) in [5.74, 6) is 0. The zero-order chi connectivity index (χ0) is 13.8. The van der Waals surface area contributed by atoms with E-state index < -0.39 is 10.2 Å². The van der Waals surface area contributed by atoms with E-state index in [0.29, 0.717) is 37.7 Å². The Kier molecular flexibility index (Phi) is 5.93. The second-order valence-electron chi connectivity index (χ2n) is 4.26. The topological polar surface area (TPSA) is 78.7 Å². The number of hydrogen-bond acceptors (Lipinski definition) is 4. The van der Waals surface area contributed by atoms with Gasteiger partial charge < -0.3 is 5.73 Å². The molecule has 0 spiro atoms. The van der Waals surface area contributed by atoms with Gasteiger partial charge >= 0.3 is 0 Å². The number of nitrogens with one attached hydrogen (secondary N) is 1. The van der Waals surface area contributed by atoms with Crippen molar-refractivity contribution < 1.29 is 8.42 Å². The summed E-state index contributed by atoms with van der Waals surface area (Å²) in [4.78, 5) is 2.64. The molecule has 106 valence electrons. The summed E-state index contributed by atoms with van der Waals surface area (Å²) in [6.45, 7) is 6.51. The van der Waals surface area contributed by atoms with Crippen molar-refractivity contribution in [2.45, 2.75) is 26.3 Å². The second kappa shape index (κ2) is 6.76. The minimum Gasteiger partial charge on any atom is -0.392 e. The fraction of sp³-hybridized carbons (Fsp3) is 0.900. The summed E-state index contributed by atoms with van der Waals surface area (Å²) in [5.41, 5.74) is 5.69. The molecule has 0 amide bonds. The zero-order valence-electron chi connectivity index (χ0n) is 10.9.